The quantitative estimate of drug-likeness (QED) is 0.453. The van der Waals surface area contributed by atoms with Crippen molar-refractivity contribution in [2.45, 2.75) is 50.5 Å². The molecule has 2 amide bonds. The molecule has 1 aliphatic carbocycles. The van der Waals surface area contributed by atoms with E-state index in [0.29, 0.717) is 42.3 Å². The summed E-state index contributed by atoms with van der Waals surface area (Å²) in [6, 6.07) is 8.45. The number of halogens is 1. The van der Waals surface area contributed by atoms with Gasteiger partial charge in [-0.25, -0.2) is 9.37 Å². The molecule has 39 heavy (non-hydrogen) atoms. The summed E-state index contributed by atoms with van der Waals surface area (Å²) >= 11 is 0. The number of amidine groups is 1. The number of anilines is 1. The van der Waals surface area contributed by atoms with Crippen molar-refractivity contribution in [3.05, 3.63) is 82.8 Å². The van der Waals surface area contributed by atoms with Gasteiger partial charge in [-0.2, -0.15) is 10.8 Å². The van der Waals surface area contributed by atoms with Crippen molar-refractivity contribution in [3.8, 4) is 0 Å². The van der Waals surface area contributed by atoms with E-state index in [9.17, 15) is 9.59 Å². The number of carbonyl (C=O) groups excluding carboxylic acids is 2. The van der Waals surface area contributed by atoms with Gasteiger partial charge < -0.3 is 10.2 Å². The van der Waals surface area contributed by atoms with Crippen molar-refractivity contribution in [2.75, 3.05) is 11.9 Å². The van der Waals surface area contributed by atoms with Gasteiger partial charge in [0.2, 0.25) is 11.6 Å². The summed E-state index contributed by atoms with van der Waals surface area (Å²) < 4.78 is 15.3. The van der Waals surface area contributed by atoms with Crippen LogP contribution < -0.4 is 11.2 Å². The van der Waals surface area contributed by atoms with Gasteiger partial charge in [0, 0.05) is 36.7 Å². The third-order valence-corrected chi connectivity index (χ3v) is 8.47. The fourth-order valence-corrected chi connectivity index (χ4v) is 6.19. The molecule has 0 radical (unpaired) electrons. The number of nitrogens with one attached hydrogen (secondary N) is 1. The minimum atomic E-state index is -0.598. The smallest absolute Gasteiger partial charge is 0.267 e. The minimum absolute atomic E-state index is 0.0122. The Bertz CT molecular complexity index is 1530. The molecule has 0 spiro atoms. The number of nitrogens with zero attached hydrogens (tertiary/aromatic N) is 5. The van der Waals surface area contributed by atoms with Gasteiger partial charge in [-0.05, 0) is 73.9 Å². The summed E-state index contributed by atoms with van der Waals surface area (Å²) in [7, 11) is 0. The van der Waals surface area contributed by atoms with Crippen molar-refractivity contribution in [1.29, 1.82) is 0 Å². The number of allylic oxidation sites excluding steroid dienone is 1. The third kappa shape index (κ3) is 4.11. The molecule has 9 nitrogen and oxygen atoms in total. The molecule has 2 aromatic rings. The first-order chi connectivity index (χ1) is 18.9. The van der Waals surface area contributed by atoms with Crippen molar-refractivity contribution in [3.63, 3.8) is 0 Å². The maximum Gasteiger partial charge on any atom is 0.267 e. The number of quaternary nitrogens is 1. The molecule has 10 heteroatoms. The highest BCUT2D eigenvalue weighted by atomic mass is 19.1. The number of fused-ring (bicyclic) bond motifs is 2. The predicted molar refractivity (Wildman–Crippen MR) is 144 cm³/mol. The van der Waals surface area contributed by atoms with Crippen LogP contribution in [0.15, 0.2) is 70.3 Å². The van der Waals surface area contributed by atoms with Gasteiger partial charge in [-0.1, -0.05) is 0 Å². The van der Waals surface area contributed by atoms with Crippen molar-refractivity contribution in [1.82, 2.24) is 9.88 Å². The fourth-order valence-electron chi connectivity index (χ4n) is 6.19. The van der Waals surface area contributed by atoms with E-state index >= 15 is 4.39 Å². The fraction of sp³-hybridized carbons (Fsp3) is 0.345. The maximum absolute atomic E-state index is 15.6. The molecular weight excluding hydrogens is 497 g/mol. The second-order valence-electron chi connectivity index (χ2n) is 11.0. The average Bonchev–Trinajstić information content (AvgIpc) is 3.67. The molecule has 4 aliphatic heterocycles. The third-order valence-electron chi connectivity index (χ3n) is 8.47. The average molecular weight is 527 g/mol. The normalized spacial score (nSPS) is 27.5. The standard InChI is InChI=1S/C29H28FN7O2/c30-23-13-19(29(39)34-25-14-18(9-10-33-25)17-1-2-17)4-7-22(23)28-35-27(24-15-32-11-12-37(24,28)31)20-3-5-21-6-8-26(38)36(21)16-20/h4,7,9-15,17,20-21H,1-3,5-6,8,16,31H2/p+1/t20-,21+,37?/m1/s1. The first kappa shape index (κ1) is 24.1. The molecule has 3 fully saturated rings. The van der Waals surface area contributed by atoms with Crippen LogP contribution in [0.2, 0.25) is 0 Å². The Labute approximate surface area is 225 Å². The number of pyridine rings is 1. The lowest BCUT2D eigenvalue weighted by molar-refractivity contribution is -0.750. The van der Waals surface area contributed by atoms with Crippen LogP contribution in [0.5, 0.6) is 0 Å². The molecule has 7 rings (SSSR count). The Morgan fingerprint density at radius 3 is 2.77 bits per heavy atom. The first-order valence-electron chi connectivity index (χ1n) is 13.5. The van der Waals surface area contributed by atoms with E-state index in [2.05, 4.69) is 15.3 Å². The summed E-state index contributed by atoms with van der Waals surface area (Å²) in [5, 5.41) is 2.78. The van der Waals surface area contributed by atoms with E-state index < -0.39 is 11.7 Å². The van der Waals surface area contributed by atoms with E-state index in [0.717, 1.165) is 43.4 Å². The van der Waals surface area contributed by atoms with E-state index in [-0.39, 0.29) is 27.5 Å². The molecular formula is C29H29FN7O2+. The first-order valence-corrected chi connectivity index (χ1v) is 13.5. The van der Waals surface area contributed by atoms with E-state index in [1.807, 2.05) is 17.0 Å². The SMILES string of the molecule is N[N+]12C=CN=CC1=C([C@@H]1CC[C@H]3CCC(=O)N3C1)N=C2c1ccc(C(=O)Nc2cc(C3CC3)ccn2)cc1F. The lowest BCUT2D eigenvalue weighted by atomic mass is 9.90. The number of aromatic nitrogens is 1. The summed E-state index contributed by atoms with van der Waals surface area (Å²) in [5.74, 6) is 7.24. The molecule has 1 aromatic heterocycles. The largest absolute Gasteiger partial charge is 0.339 e. The second-order valence-corrected chi connectivity index (χ2v) is 11.0. The van der Waals surface area contributed by atoms with Crippen LogP contribution in [0.25, 0.3) is 0 Å². The second kappa shape index (κ2) is 9.03. The van der Waals surface area contributed by atoms with Crippen molar-refractivity contribution >= 4 is 29.7 Å². The van der Waals surface area contributed by atoms with Gasteiger partial charge in [-0.15, -0.1) is 4.59 Å². The molecule has 5 aliphatic rings. The van der Waals surface area contributed by atoms with Crippen LogP contribution in [-0.2, 0) is 4.79 Å². The monoisotopic (exact) mass is 526 g/mol. The van der Waals surface area contributed by atoms with Crippen LogP contribution in [-0.4, -0.2) is 50.9 Å². The number of amides is 2. The van der Waals surface area contributed by atoms with Gasteiger partial charge in [0.05, 0.1) is 18.0 Å². The minimum Gasteiger partial charge on any atom is -0.339 e. The highest BCUT2D eigenvalue weighted by molar-refractivity contribution is 6.05. The van der Waals surface area contributed by atoms with Gasteiger partial charge in [-0.3, -0.25) is 14.6 Å². The van der Waals surface area contributed by atoms with E-state index in [1.54, 1.807) is 36.9 Å². The zero-order chi connectivity index (χ0) is 26.7. The van der Waals surface area contributed by atoms with Crippen molar-refractivity contribution in [2.24, 2.45) is 21.7 Å². The highest BCUT2D eigenvalue weighted by Crippen LogP contribution is 2.41. The van der Waals surface area contributed by atoms with Gasteiger partial charge >= 0.3 is 0 Å². The number of benzene rings is 1. The Morgan fingerprint density at radius 1 is 1.10 bits per heavy atom. The van der Waals surface area contributed by atoms with E-state index in [1.165, 1.54) is 6.07 Å². The summed E-state index contributed by atoms with van der Waals surface area (Å²) in [6.07, 6.45) is 12.2. The Hall–Kier alpha value is -4.02. The van der Waals surface area contributed by atoms with Crippen LogP contribution in [0.4, 0.5) is 10.2 Å². The Morgan fingerprint density at radius 2 is 1.95 bits per heavy atom. The summed E-state index contributed by atoms with van der Waals surface area (Å²) in [6.45, 7) is 0.578. The van der Waals surface area contributed by atoms with Crippen LogP contribution >= 0.6 is 0 Å². The van der Waals surface area contributed by atoms with Crippen LogP contribution in [0, 0.1) is 11.7 Å². The molecule has 1 aromatic carbocycles. The van der Waals surface area contributed by atoms with Crippen molar-refractivity contribution < 1.29 is 18.6 Å². The zero-order valence-electron chi connectivity index (χ0n) is 21.4. The number of piperidine rings is 1. The number of rotatable bonds is 5. The number of hydrogen-bond donors (Lipinski definition) is 2. The van der Waals surface area contributed by atoms with Gasteiger partial charge in [0.25, 0.3) is 11.7 Å². The number of nitrogens with two attached hydrogens (primary N) is 1. The molecule has 5 heterocycles. The lowest BCUT2D eigenvalue weighted by Gasteiger charge is -2.35. The zero-order valence-corrected chi connectivity index (χ0v) is 21.4. The molecule has 198 valence electrons. The summed E-state index contributed by atoms with van der Waals surface area (Å²) in [4.78, 5) is 40.7. The predicted octanol–water partition coefficient (Wildman–Crippen LogP) is 3.97. The van der Waals surface area contributed by atoms with Crippen LogP contribution in [0.1, 0.15) is 65.9 Å². The highest BCUT2D eigenvalue weighted by Gasteiger charge is 2.48. The Kier molecular flexibility index (Phi) is 5.57. The molecule has 3 atom stereocenters. The lowest BCUT2D eigenvalue weighted by Crippen LogP contribution is -2.53. The maximum atomic E-state index is 15.6. The number of aliphatic imine (C=N–C) groups is 2. The van der Waals surface area contributed by atoms with E-state index in [4.69, 9.17) is 10.8 Å². The van der Waals surface area contributed by atoms with Gasteiger partial charge in [0.1, 0.15) is 23.5 Å². The molecule has 1 saturated carbocycles. The van der Waals surface area contributed by atoms with Crippen LogP contribution in [0.3, 0.4) is 0 Å². The summed E-state index contributed by atoms with van der Waals surface area (Å²) in [5.41, 5.74) is 2.94. The molecule has 3 N–H and O–H groups in total. The topological polar surface area (TPSA) is 113 Å². The molecule has 0 bridgehead atoms. The molecule has 2 saturated heterocycles. The molecule has 1 unspecified atom stereocenters. The van der Waals surface area contributed by atoms with Gasteiger partial charge in [0.15, 0.2) is 0 Å². The Balaban J connectivity index is 1.16. The number of hydrogen-bond acceptors (Lipinski definition) is 6. The number of carbonyl (C=O) groups is 2.